The molecule has 8 heteroatoms. The summed E-state index contributed by atoms with van der Waals surface area (Å²) >= 11 is 1.59. The summed E-state index contributed by atoms with van der Waals surface area (Å²) in [4.78, 5) is 2.49. The number of methoxy groups -OCH3 is 3. The fourth-order valence-corrected chi connectivity index (χ4v) is 3.79. The van der Waals surface area contributed by atoms with E-state index in [9.17, 15) is 0 Å². The molecule has 1 fully saturated rings. The third-order valence-electron chi connectivity index (χ3n) is 4.40. The summed E-state index contributed by atoms with van der Waals surface area (Å²) in [6.45, 7) is 3.44. The minimum absolute atomic E-state index is 0.435. The zero-order valence-corrected chi connectivity index (χ0v) is 16.3. The Kier molecular flexibility index (Phi) is 6.62. The van der Waals surface area contributed by atoms with Crippen LogP contribution in [0, 0.1) is 0 Å². The molecule has 1 aromatic carbocycles. The predicted octanol–water partition coefficient (Wildman–Crippen LogP) is 3.34. The predicted molar refractivity (Wildman–Crippen MR) is 100 cm³/mol. The molecule has 1 aliphatic rings. The van der Waals surface area contributed by atoms with E-state index < -0.39 is 0 Å². The van der Waals surface area contributed by atoms with E-state index in [1.165, 1.54) is 32.4 Å². The number of likely N-dealkylation sites (tertiary alicyclic amines) is 1. The molecule has 0 N–H and O–H groups in total. The molecule has 0 bridgehead atoms. The van der Waals surface area contributed by atoms with Crippen LogP contribution in [0.3, 0.4) is 0 Å². The average molecular weight is 379 g/mol. The Bertz CT molecular complexity index is 691. The zero-order valence-electron chi connectivity index (χ0n) is 15.5. The first kappa shape index (κ1) is 18.8. The van der Waals surface area contributed by atoms with E-state index in [1.54, 1.807) is 45.2 Å². The van der Waals surface area contributed by atoms with Crippen molar-refractivity contribution in [3.8, 4) is 28.7 Å². The number of piperidine rings is 1. The van der Waals surface area contributed by atoms with Gasteiger partial charge in [-0.3, -0.25) is 0 Å². The lowest BCUT2D eigenvalue weighted by molar-refractivity contribution is 0.242. The summed E-state index contributed by atoms with van der Waals surface area (Å²) in [5.74, 6) is 3.02. The smallest absolute Gasteiger partial charge is 0.276 e. The van der Waals surface area contributed by atoms with Gasteiger partial charge in [-0.25, -0.2) is 0 Å². The molecule has 0 atom stereocenters. The number of nitrogens with zero attached hydrogens (tertiary/aromatic N) is 3. The lowest BCUT2D eigenvalue weighted by atomic mass is 10.1. The van der Waals surface area contributed by atoms with Gasteiger partial charge in [-0.2, -0.15) is 0 Å². The van der Waals surface area contributed by atoms with Crippen LogP contribution in [-0.4, -0.2) is 61.8 Å². The highest BCUT2D eigenvalue weighted by Crippen LogP contribution is 2.41. The second kappa shape index (κ2) is 9.14. The summed E-state index contributed by atoms with van der Waals surface area (Å²) in [6.07, 6.45) is 3.96. The molecule has 1 aliphatic heterocycles. The molecule has 0 aliphatic carbocycles. The molecule has 1 aromatic heterocycles. The number of benzene rings is 1. The minimum atomic E-state index is 0.435. The third-order valence-corrected chi connectivity index (χ3v) is 5.20. The monoisotopic (exact) mass is 379 g/mol. The van der Waals surface area contributed by atoms with E-state index in [1.807, 2.05) is 0 Å². The Balaban J connectivity index is 1.67. The van der Waals surface area contributed by atoms with Crippen LogP contribution in [0.25, 0.3) is 11.5 Å². The minimum Gasteiger partial charge on any atom is -0.493 e. The maximum Gasteiger partial charge on any atom is 0.276 e. The Morgan fingerprint density at radius 1 is 1.00 bits per heavy atom. The molecule has 0 unspecified atom stereocenters. The Morgan fingerprint density at radius 2 is 1.69 bits per heavy atom. The number of hydrogen-bond acceptors (Lipinski definition) is 8. The fourth-order valence-electron chi connectivity index (χ4n) is 3.03. The molecule has 2 heterocycles. The van der Waals surface area contributed by atoms with Crippen molar-refractivity contribution in [3.05, 3.63) is 12.1 Å². The number of thioether (sulfide) groups is 1. The van der Waals surface area contributed by atoms with E-state index >= 15 is 0 Å². The molecular formula is C18H25N3O4S. The van der Waals surface area contributed by atoms with Crippen molar-refractivity contribution < 1.29 is 18.6 Å². The highest BCUT2D eigenvalue weighted by atomic mass is 32.2. The molecule has 0 spiro atoms. The van der Waals surface area contributed by atoms with Gasteiger partial charge in [0.05, 0.1) is 21.3 Å². The molecule has 0 radical (unpaired) electrons. The summed E-state index contributed by atoms with van der Waals surface area (Å²) in [5.41, 5.74) is 0.731. The van der Waals surface area contributed by atoms with Crippen LogP contribution in [0.2, 0.25) is 0 Å². The van der Waals surface area contributed by atoms with Gasteiger partial charge < -0.3 is 23.5 Å². The molecule has 26 heavy (non-hydrogen) atoms. The van der Waals surface area contributed by atoms with Crippen molar-refractivity contribution in [2.24, 2.45) is 0 Å². The van der Waals surface area contributed by atoms with Crippen LogP contribution in [0.4, 0.5) is 0 Å². The van der Waals surface area contributed by atoms with Crippen LogP contribution in [-0.2, 0) is 0 Å². The molecular weight excluding hydrogens is 354 g/mol. The van der Waals surface area contributed by atoms with Gasteiger partial charge in [0.25, 0.3) is 5.22 Å². The molecule has 142 valence electrons. The van der Waals surface area contributed by atoms with E-state index in [0.29, 0.717) is 28.4 Å². The first-order valence-corrected chi connectivity index (χ1v) is 9.72. The van der Waals surface area contributed by atoms with Crippen molar-refractivity contribution >= 4 is 11.8 Å². The van der Waals surface area contributed by atoms with Crippen molar-refractivity contribution in [3.63, 3.8) is 0 Å². The van der Waals surface area contributed by atoms with Gasteiger partial charge in [-0.05, 0) is 38.1 Å². The van der Waals surface area contributed by atoms with Crippen LogP contribution >= 0.6 is 11.8 Å². The highest BCUT2D eigenvalue weighted by molar-refractivity contribution is 7.99. The Morgan fingerprint density at radius 3 is 2.31 bits per heavy atom. The lowest BCUT2D eigenvalue weighted by Gasteiger charge is -2.25. The van der Waals surface area contributed by atoms with Crippen LogP contribution in [0.5, 0.6) is 17.2 Å². The van der Waals surface area contributed by atoms with Gasteiger partial charge in [0.2, 0.25) is 11.6 Å². The van der Waals surface area contributed by atoms with Crippen LogP contribution < -0.4 is 14.2 Å². The third kappa shape index (κ3) is 4.42. The Labute approximate surface area is 158 Å². The van der Waals surface area contributed by atoms with Gasteiger partial charge in [0.1, 0.15) is 0 Å². The standard InChI is InChI=1S/C18H25N3O4S/c1-22-14-11-13(12-15(23-2)16(14)24-3)17-19-20-18(25-17)26-10-9-21-7-5-4-6-8-21/h11-12H,4-10H2,1-3H3. The average Bonchev–Trinajstić information content (AvgIpc) is 3.16. The van der Waals surface area contributed by atoms with Gasteiger partial charge in [-0.1, -0.05) is 18.2 Å². The topological polar surface area (TPSA) is 69.9 Å². The largest absolute Gasteiger partial charge is 0.493 e. The lowest BCUT2D eigenvalue weighted by Crippen LogP contribution is -2.31. The number of hydrogen-bond donors (Lipinski definition) is 0. The molecule has 7 nitrogen and oxygen atoms in total. The second-order valence-corrected chi connectivity index (χ2v) is 7.08. The van der Waals surface area contributed by atoms with Crippen LogP contribution in [0.15, 0.2) is 21.8 Å². The highest BCUT2D eigenvalue weighted by Gasteiger charge is 2.18. The first-order chi connectivity index (χ1) is 12.7. The summed E-state index contributed by atoms with van der Waals surface area (Å²) in [5, 5.41) is 8.87. The fraction of sp³-hybridized carbons (Fsp3) is 0.556. The number of ether oxygens (including phenoxy) is 3. The second-order valence-electron chi connectivity index (χ2n) is 6.04. The molecule has 2 aromatic rings. The summed E-state index contributed by atoms with van der Waals surface area (Å²) < 4.78 is 21.9. The summed E-state index contributed by atoms with van der Waals surface area (Å²) in [6, 6.07) is 3.61. The van der Waals surface area contributed by atoms with E-state index in [-0.39, 0.29) is 0 Å². The summed E-state index contributed by atoms with van der Waals surface area (Å²) in [7, 11) is 4.73. The SMILES string of the molecule is COc1cc(-c2nnc(SCCN3CCCCC3)o2)cc(OC)c1OC. The van der Waals surface area contributed by atoms with Crippen molar-refractivity contribution in [1.29, 1.82) is 0 Å². The van der Waals surface area contributed by atoms with E-state index in [2.05, 4.69) is 15.1 Å². The Hall–Kier alpha value is -1.93. The van der Waals surface area contributed by atoms with E-state index in [4.69, 9.17) is 18.6 Å². The maximum atomic E-state index is 5.80. The van der Waals surface area contributed by atoms with Gasteiger partial charge in [0.15, 0.2) is 11.5 Å². The van der Waals surface area contributed by atoms with Crippen molar-refractivity contribution in [2.75, 3.05) is 46.7 Å². The zero-order chi connectivity index (χ0) is 18.4. The molecule has 0 amide bonds. The normalized spacial score (nSPS) is 15.0. The van der Waals surface area contributed by atoms with Crippen molar-refractivity contribution in [2.45, 2.75) is 24.5 Å². The van der Waals surface area contributed by atoms with Crippen molar-refractivity contribution in [1.82, 2.24) is 15.1 Å². The molecule has 3 rings (SSSR count). The maximum absolute atomic E-state index is 5.80. The molecule has 1 saturated heterocycles. The first-order valence-electron chi connectivity index (χ1n) is 8.74. The molecule has 0 saturated carbocycles. The van der Waals surface area contributed by atoms with E-state index in [0.717, 1.165) is 17.9 Å². The quantitative estimate of drug-likeness (QED) is 0.647. The number of rotatable bonds is 8. The van der Waals surface area contributed by atoms with Gasteiger partial charge in [0, 0.05) is 17.9 Å². The van der Waals surface area contributed by atoms with Gasteiger partial charge >= 0.3 is 0 Å². The number of aromatic nitrogens is 2. The van der Waals surface area contributed by atoms with Crippen LogP contribution in [0.1, 0.15) is 19.3 Å². The van der Waals surface area contributed by atoms with Gasteiger partial charge in [-0.15, -0.1) is 10.2 Å².